The van der Waals surface area contributed by atoms with Crippen LogP contribution in [0.25, 0.3) is 0 Å². The Bertz CT molecular complexity index is 594. The number of carbonyl (C=O) groups is 2. The molecule has 23 heavy (non-hydrogen) atoms. The van der Waals surface area contributed by atoms with Crippen molar-refractivity contribution in [3.8, 4) is 0 Å². The first-order chi connectivity index (χ1) is 11.1. The number of nitrogens with zero attached hydrogens (tertiary/aromatic N) is 2. The number of rotatable bonds is 3. The van der Waals surface area contributed by atoms with Crippen molar-refractivity contribution in [2.24, 2.45) is 5.92 Å². The van der Waals surface area contributed by atoms with Crippen molar-refractivity contribution < 1.29 is 9.59 Å². The largest absolute Gasteiger partial charge is 0.372 e. The summed E-state index contributed by atoms with van der Waals surface area (Å²) < 4.78 is 0. The van der Waals surface area contributed by atoms with Crippen molar-refractivity contribution in [2.75, 3.05) is 29.9 Å². The minimum Gasteiger partial charge on any atom is -0.372 e. The third-order valence-corrected chi connectivity index (χ3v) is 4.71. The lowest BCUT2D eigenvalue weighted by molar-refractivity contribution is -0.132. The average Bonchev–Trinajstić information content (AvgIpc) is 2.57. The van der Waals surface area contributed by atoms with Gasteiger partial charge in [-0.15, -0.1) is 0 Å². The summed E-state index contributed by atoms with van der Waals surface area (Å²) in [7, 11) is 0. The third-order valence-electron chi connectivity index (χ3n) is 4.71. The molecule has 2 aliphatic heterocycles. The lowest BCUT2D eigenvalue weighted by Gasteiger charge is -2.38. The van der Waals surface area contributed by atoms with Crippen LogP contribution >= 0.6 is 0 Å². The monoisotopic (exact) mass is 315 g/mol. The topological polar surface area (TPSA) is 52.7 Å². The first-order valence-electron chi connectivity index (χ1n) is 8.52. The van der Waals surface area contributed by atoms with E-state index in [2.05, 4.69) is 5.32 Å². The van der Waals surface area contributed by atoms with Gasteiger partial charge in [-0.2, -0.15) is 0 Å². The number of nitrogens with one attached hydrogen (secondary N) is 1. The van der Waals surface area contributed by atoms with Gasteiger partial charge in [-0.3, -0.25) is 14.5 Å². The molecule has 124 valence electrons. The number of carbonyl (C=O) groups excluding carboxylic acids is 2. The second kappa shape index (κ2) is 6.60. The van der Waals surface area contributed by atoms with Gasteiger partial charge < -0.3 is 10.2 Å². The highest BCUT2D eigenvalue weighted by molar-refractivity contribution is 6.07. The molecule has 2 aliphatic rings. The van der Waals surface area contributed by atoms with Gasteiger partial charge in [-0.25, -0.2) is 0 Å². The maximum Gasteiger partial charge on any atom is 0.250 e. The fraction of sp³-hybridized carbons (Fsp3) is 0.556. The molecular weight excluding hydrogens is 290 g/mol. The Hall–Kier alpha value is -2.04. The smallest absolute Gasteiger partial charge is 0.250 e. The lowest BCUT2D eigenvalue weighted by Crippen LogP contribution is -2.53. The molecular formula is C18H25N3O2. The zero-order valence-electron chi connectivity index (χ0n) is 13.9. The molecule has 1 fully saturated rings. The van der Waals surface area contributed by atoms with Gasteiger partial charge >= 0.3 is 0 Å². The summed E-state index contributed by atoms with van der Waals surface area (Å²) >= 11 is 0. The van der Waals surface area contributed by atoms with Crippen LogP contribution in [0.2, 0.25) is 0 Å². The van der Waals surface area contributed by atoms with Crippen LogP contribution in [0.15, 0.2) is 24.3 Å². The Morgan fingerprint density at radius 3 is 2.61 bits per heavy atom. The molecule has 1 unspecified atom stereocenters. The Balaban J connectivity index is 1.83. The lowest BCUT2D eigenvalue weighted by atomic mass is 9.99. The van der Waals surface area contributed by atoms with Gasteiger partial charge in [0, 0.05) is 13.1 Å². The summed E-state index contributed by atoms with van der Waals surface area (Å²) in [5.74, 6) is 0.213. The van der Waals surface area contributed by atoms with E-state index in [1.807, 2.05) is 43.0 Å². The average molecular weight is 315 g/mol. The maximum atomic E-state index is 12.8. The molecule has 1 saturated heterocycles. The first kappa shape index (κ1) is 15.8. The fourth-order valence-corrected chi connectivity index (χ4v) is 3.34. The number of para-hydroxylation sites is 2. The predicted octanol–water partition coefficient (Wildman–Crippen LogP) is 2.48. The van der Waals surface area contributed by atoms with Crippen molar-refractivity contribution in [1.29, 1.82) is 0 Å². The van der Waals surface area contributed by atoms with Gasteiger partial charge in [0.05, 0.1) is 11.4 Å². The van der Waals surface area contributed by atoms with Crippen molar-refractivity contribution in [2.45, 2.75) is 39.2 Å². The number of piperidine rings is 1. The molecule has 0 aromatic heterocycles. The van der Waals surface area contributed by atoms with E-state index in [1.54, 1.807) is 4.90 Å². The van der Waals surface area contributed by atoms with Crippen molar-refractivity contribution in [3.63, 3.8) is 0 Å². The van der Waals surface area contributed by atoms with Crippen LogP contribution in [0.3, 0.4) is 0 Å². The van der Waals surface area contributed by atoms with E-state index in [-0.39, 0.29) is 30.3 Å². The number of amides is 2. The van der Waals surface area contributed by atoms with E-state index in [0.29, 0.717) is 0 Å². The van der Waals surface area contributed by atoms with Crippen LogP contribution in [-0.4, -0.2) is 42.4 Å². The van der Waals surface area contributed by atoms with E-state index < -0.39 is 0 Å². The van der Waals surface area contributed by atoms with E-state index in [0.717, 1.165) is 37.3 Å². The predicted molar refractivity (Wildman–Crippen MR) is 91.5 cm³/mol. The van der Waals surface area contributed by atoms with Crippen molar-refractivity contribution in [1.82, 2.24) is 4.90 Å². The van der Waals surface area contributed by atoms with E-state index in [4.69, 9.17) is 0 Å². The summed E-state index contributed by atoms with van der Waals surface area (Å²) in [5.41, 5.74) is 1.73. The number of hydrogen-bond acceptors (Lipinski definition) is 3. The second-order valence-corrected chi connectivity index (χ2v) is 6.75. The van der Waals surface area contributed by atoms with Gasteiger partial charge in [0.25, 0.3) is 0 Å². The quantitative estimate of drug-likeness (QED) is 0.932. The Kier molecular flexibility index (Phi) is 4.55. The van der Waals surface area contributed by atoms with Crippen LogP contribution in [0.5, 0.6) is 0 Å². The van der Waals surface area contributed by atoms with Crippen LogP contribution in [0.4, 0.5) is 11.4 Å². The van der Waals surface area contributed by atoms with Crippen LogP contribution < -0.4 is 10.2 Å². The molecule has 0 spiro atoms. The summed E-state index contributed by atoms with van der Waals surface area (Å²) in [4.78, 5) is 29.0. The number of hydrogen-bond donors (Lipinski definition) is 1. The summed E-state index contributed by atoms with van der Waals surface area (Å²) in [6.07, 6.45) is 3.31. The first-order valence-corrected chi connectivity index (χ1v) is 8.52. The number of fused-ring (bicyclic) bond motifs is 1. The Morgan fingerprint density at radius 2 is 1.91 bits per heavy atom. The summed E-state index contributed by atoms with van der Waals surface area (Å²) in [6.45, 7) is 5.81. The molecule has 5 heteroatoms. The van der Waals surface area contributed by atoms with Gasteiger partial charge in [0.1, 0.15) is 12.6 Å². The van der Waals surface area contributed by atoms with Gasteiger partial charge in [-0.05, 0) is 37.3 Å². The molecule has 0 bridgehead atoms. The zero-order valence-corrected chi connectivity index (χ0v) is 13.9. The molecule has 0 aliphatic carbocycles. The number of benzene rings is 1. The Labute approximate surface area is 137 Å². The van der Waals surface area contributed by atoms with Crippen molar-refractivity contribution in [3.05, 3.63) is 24.3 Å². The summed E-state index contributed by atoms with van der Waals surface area (Å²) in [6, 6.07) is 7.44. The maximum absolute atomic E-state index is 12.8. The number of anilines is 2. The van der Waals surface area contributed by atoms with E-state index >= 15 is 0 Å². The number of likely N-dealkylation sites (tertiary alicyclic amines) is 1. The standard InChI is InChI=1S/C18H25N3O2/c1-13(2)17-18(23)21(15-9-5-4-8-14(15)19-17)12-16(22)20-10-6-3-7-11-20/h4-5,8-9,13,17,19H,3,6-7,10-12H2,1-2H3. The third kappa shape index (κ3) is 3.19. The second-order valence-electron chi connectivity index (χ2n) is 6.75. The molecule has 0 radical (unpaired) electrons. The highest BCUT2D eigenvalue weighted by Crippen LogP contribution is 2.33. The van der Waals surface area contributed by atoms with Crippen LogP contribution in [-0.2, 0) is 9.59 Å². The molecule has 0 saturated carbocycles. The molecule has 1 N–H and O–H groups in total. The molecule has 1 aromatic carbocycles. The molecule has 1 aromatic rings. The van der Waals surface area contributed by atoms with E-state index in [9.17, 15) is 9.59 Å². The highest BCUT2D eigenvalue weighted by Gasteiger charge is 2.35. The van der Waals surface area contributed by atoms with Crippen molar-refractivity contribution >= 4 is 23.2 Å². The van der Waals surface area contributed by atoms with Crippen LogP contribution in [0.1, 0.15) is 33.1 Å². The minimum atomic E-state index is -0.279. The Morgan fingerprint density at radius 1 is 1.22 bits per heavy atom. The van der Waals surface area contributed by atoms with Gasteiger partial charge in [0.15, 0.2) is 0 Å². The molecule has 1 atom stereocenters. The fourth-order valence-electron chi connectivity index (χ4n) is 3.34. The highest BCUT2D eigenvalue weighted by atomic mass is 16.2. The van der Waals surface area contributed by atoms with Gasteiger partial charge in [0.2, 0.25) is 11.8 Å². The zero-order chi connectivity index (χ0) is 16.4. The molecule has 3 rings (SSSR count). The molecule has 2 heterocycles. The summed E-state index contributed by atoms with van der Waals surface area (Å²) in [5, 5.41) is 3.31. The van der Waals surface area contributed by atoms with Gasteiger partial charge in [-0.1, -0.05) is 26.0 Å². The van der Waals surface area contributed by atoms with Crippen LogP contribution in [0, 0.1) is 5.92 Å². The SMILES string of the molecule is CC(C)C1Nc2ccccc2N(CC(=O)N2CCCCC2)C1=O. The molecule has 5 nitrogen and oxygen atoms in total. The molecule has 2 amide bonds. The normalized spacial score (nSPS) is 21.2. The van der Waals surface area contributed by atoms with E-state index in [1.165, 1.54) is 6.42 Å². The minimum absolute atomic E-state index is 0.0101.